The Bertz CT molecular complexity index is 772. The van der Waals surface area contributed by atoms with Gasteiger partial charge in [0.2, 0.25) is 5.91 Å². The van der Waals surface area contributed by atoms with Crippen molar-refractivity contribution in [3.05, 3.63) is 0 Å². The number of carboxylic acids is 2. The zero-order valence-corrected chi connectivity index (χ0v) is 22.2. The topological polar surface area (TPSA) is 120 Å². The minimum atomic E-state index is -5.08. The van der Waals surface area contributed by atoms with E-state index < -0.39 is 24.3 Å². The zero-order chi connectivity index (χ0) is 30.0. The van der Waals surface area contributed by atoms with Crippen molar-refractivity contribution in [3.8, 4) is 0 Å². The first-order valence-electron chi connectivity index (χ1n) is 12.3. The average molecular weight is 582 g/mol. The highest BCUT2D eigenvalue weighted by Crippen LogP contribution is 2.44. The van der Waals surface area contributed by atoms with Crippen LogP contribution in [0.3, 0.4) is 0 Å². The van der Waals surface area contributed by atoms with Crippen LogP contribution in [0.5, 0.6) is 0 Å². The monoisotopic (exact) mass is 581 g/mol. The van der Waals surface area contributed by atoms with Crippen molar-refractivity contribution in [1.82, 2.24) is 14.7 Å². The van der Waals surface area contributed by atoms with Crippen LogP contribution < -0.4 is 0 Å². The van der Waals surface area contributed by atoms with Crippen molar-refractivity contribution in [2.24, 2.45) is 5.41 Å². The number of methoxy groups -OCH3 is 1. The third kappa shape index (κ3) is 11.8. The summed E-state index contributed by atoms with van der Waals surface area (Å²) in [4.78, 5) is 36.7. The Morgan fingerprint density at radius 1 is 0.974 bits per heavy atom. The Morgan fingerprint density at radius 2 is 1.44 bits per heavy atom. The van der Waals surface area contributed by atoms with Gasteiger partial charge >= 0.3 is 24.3 Å². The minimum absolute atomic E-state index is 0.192. The van der Waals surface area contributed by atoms with Crippen LogP contribution in [0.15, 0.2) is 0 Å². The second kappa shape index (κ2) is 15.0. The molecule has 0 saturated carbocycles. The van der Waals surface area contributed by atoms with Crippen molar-refractivity contribution in [2.45, 2.75) is 56.5 Å². The molecule has 2 N–H and O–H groups in total. The van der Waals surface area contributed by atoms with E-state index in [0.717, 1.165) is 26.4 Å². The van der Waals surface area contributed by atoms with E-state index >= 15 is 0 Å². The molecule has 0 radical (unpaired) electrons. The average Bonchev–Trinajstić information content (AvgIpc) is 3.16. The number of hydrogen-bond donors (Lipinski definition) is 2. The Kier molecular flexibility index (Phi) is 13.4. The number of aliphatic carboxylic acids is 2. The van der Waals surface area contributed by atoms with Gasteiger partial charge in [0.15, 0.2) is 0 Å². The second-order valence-electron chi connectivity index (χ2n) is 9.99. The van der Waals surface area contributed by atoms with Gasteiger partial charge in [-0.3, -0.25) is 9.69 Å². The third-order valence-electron chi connectivity index (χ3n) is 6.97. The highest BCUT2D eigenvalue weighted by molar-refractivity contribution is 5.77. The highest BCUT2D eigenvalue weighted by Gasteiger charge is 2.46. The van der Waals surface area contributed by atoms with E-state index in [2.05, 4.69) is 9.80 Å². The number of piperidine rings is 1. The molecule has 1 spiro atoms. The SMILES string of the molecule is COCC1CC2(CCN(C3CCOCC3)CC2)CN1CC(=O)N(C)C.O=C(O)C(F)(F)F.O=C(O)C(F)(F)F. The largest absolute Gasteiger partial charge is 0.490 e. The van der Waals surface area contributed by atoms with Crippen LogP contribution in [0, 0.1) is 5.41 Å². The summed E-state index contributed by atoms with van der Waals surface area (Å²) < 4.78 is 74.4. The predicted octanol–water partition coefficient (Wildman–Crippen LogP) is 2.32. The van der Waals surface area contributed by atoms with Crippen molar-refractivity contribution in [3.63, 3.8) is 0 Å². The number of rotatable bonds is 5. The van der Waals surface area contributed by atoms with Gasteiger partial charge in [-0.1, -0.05) is 0 Å². The van der Waals surface area contributed by atoms with E-state index in [-0.39, 0.29) is 5.91 Å². The molecule has 1 amide bonds. The van der Waals surface area contributed by atoms with Gasteiger partial charge in [0.25, 0.3) is 0 Å². The Balaban J connectivity index is 0.000000449. The second-order valence-corrected chi connectivity index (χ2v) is 9.99. The molecule has 3 fully saturated rings. The molecule has 3 saturated heterocycles. The first-order chi connectivity index (χ1) is 17.9. The summed E-state index contributed by atoms with van der Waals surface area (Å²) in [5.41, 5.74) is 0.372. The van der Waals surface area contributed by atoms with Crippen molar-refractivity contribution in [1.29, 1.82) is 0 Å². The maximum absolute atomic E-state index is 12.2. The minimum Gasteiger partial charge on any atom is -0.475 e. The molecule has 16 heteroatoms. The summed E-state index contributed by atoms with van der Waals surface area (Å²) in [5.74, 6) is -5.32. The molecule has 0 aromatic heterocycles. The summed E-state index contributed by atoms with van der Waals surface area (Å²) in [5, 5.41) is 14.2. The van der Waals surface area contributed by atoms with Gasteiger partial charge in [-0.2, -0.15) is 26.3 Å². The molecule has 3 rings (SSSR count). The predicted molar refractivity (Wildman–Crippen MR) is 125 cm³/mol. The highest BCUT2D eigenvalue weighted by atomic mass is 19.4. The van der Waals surface area contributed by atoms with E-state index in [4.69, 9.17) is 29.3 Å². The number of likely N-dealkylation sites (tertiary alicyclic amines) is 2. The fourth-order valence-corrected chi connectivity index (χ4v) is 4.89. The third-order valence-corrected chi connectivity index (χ3v) is 6.97. The lowest BCUT2D eigenvalue weighted by Crippen LogP contribution is -2.48. The molecule has 10 nitrogen and oxygen atoms in total. The normalized spacial score (nSPS) is 22.3. The van der Waals surface area contributed by atoms with E-state index in [1.165, 1.54) is 45.2 Å². The van der Waals surface area contributed by atoms with Crippen LogP contribution in [0.2, 0.25) is 0 Å². The van der Waals surface area contributed by atoms with Crippen LogP contribution in [0.1, 0.15) is 32.1 Å². The Labute approximate surface area is 222 Å². The number of ether oxygens (including phenoxy) is 2. The summed E-state index contributed by atoms with van der Waals surface area (Å²) in [6.07, 6.45) is -4.14. The number of carboxylic acid groups (broad SMARTS) is 2. The van der Waals surface area contributed by atoms with Gasteiger partial charge in [0.1, 0.15) is 0 Å². The molecule has 39 heavy (non-hydrogen) atoms. The fourth-order valence-electron chi connectivity index (χ4n) is 4.89. The molecule has 1 unspecified atom stereocenters. The van der Waals surface area contributed by atoms with Gasteiger partial charge in [-0.05, 0) is 50.6 Å². The maximum Gasteiger partial charge on any atom is 0.490 e. The van der Waals surface area contributed by atoms with Gasteiger partial charge < -0.3 is 29.5 Å². The quantitative estimate of drug-likeness (QED) is 0.472. The summed E-state index contributed by atoms with van der Waals surface area (Å²) in [6, 6.07) is 1.09. The number of halogens is 6. The van der Waals surface area contributed by atoms with E-state index in [1.807, 2.05) is 14.1 Å². The molecule has 3 aliphatic heterocycles. The van der Waals surface area contributed by atoms with Crippen LogP contribution in [0.25, 0.3) is 0 Å². The molecule has 1 atom stereocenters. The Hall–Kier alpha value is -2.17. The molecular weight excluding hydrogens is 544 g/mol. The smallest absolute Gasteiger partial charge is 0.475 e. The first kappa shape index (κ1) is 34.9. The lowest BCUT2D eigenvalue weighted by atomic mass is 9.76. The molecule has 3 aliphatic rings. The van der Waals surface area contributed by atoms with Crippen molar-refractivity contribution < 1.29 is 60.4 Å². The maximum atomic E-state index is 12.2. The summed E-state index contributed by atoms with van der Waals surface area (Å²) in [7, 11) is 5.45. The number of likely N-dealkylation sites (N-methyl/N-ethyl adjacent to an activating group) is 1. The summed E-state index contributed by atoms with van der Waals surface area (Å²) in [6.45, 7) is 6.52. The molecule has 228 valence electrons. The van der Waals surface area contributed by atoms with Gasteiger partial charge in [0.05, 0.1) is 13.2 Å². The zero-order valence-electron chi connectivity index (χ0n) is 22.2. The van der Waals surface area contributed by atoms with Crippen LogP contribution in [-0.4, -0.2) is 134 Å². The lowest BCUT2D eigenvalue weighted by Gasteiger charge is -2.43. The Morgan fingerprint density at radius 3 is 1.82 bits per heavy atom. The fraction of sp³-hybridized carbons (Fsp3) is 0.870. The first-order valence-corrected chi connectivity index (χ1v) is 12.3. The van der Waals surface area contributed by atoms with Gasteiger partial charge in [-0.25, -0.2) is 9.59 Å². The lowest BCUT2D eigenvalue weighted by molar-refractivity contribution is -0.193. The number of hydrogen-bond acceptors (Lipinski definition) is 7. The van der Waals surface area contributed by atoms with Gasteiger partial charge in [0, 0.05) is 53.0 Å². The molecular formula is C23H37F6N3O7. The molecule has 0 aliphatic carbocycles. The molecule has 0 aromatic carbocycles. The van der Waals surface area contributed by atoms with E-state index in [1.54, 1.807) is 12.0 Å². The molecule has 0 bridgehead atoms. The van der Waals surface area contributed by atoms with Crippen LogP contribution >= 0.6 is 0 Å². The number of alkyl halides is 6. The van der Waals surface area contributed by atoms with E-state index in [0.29, 0.717) is 24.0 Å². The summed E-state index contributed by atoms with van der Waals surface area (Å²) >= 11 is 0. The molecule has 3 heterocycles. The molecule has 0 aromatic rings. The van der Waals surface area contributed by atoms with Crippen LogP contribution in [0.4, 0.5) is 26.3 Å². The van der Waals surface area contributed by atoms with E-state index in [9.17, 15) is 31.1 Å². The van der Waals surface area contributed by atoms with Crippen molar-refractivity contribution >= 4 is 17.8 Å². The number of carbonyl (C=O) groups excluding carboxylic acids is 1. The van der Waals surface area contributed by atoms with Crippen molar-refractivity contribution in [2.75, 3.05) is 67.2 Å². The van der Waals surface area contributed by atoms with Crippen LogP contribution in [-0.2, 0) is 23.9 Å². The standard InChI is InChI=1S/C19H35N3O3.2C2HF3O2/c1-20(2)18(23)13-22-15-19(12-17(22)14-24-3)6-8-21(9-7-19)16-4-10-25-11-5-16;2*3-2(4,5)1(6)7/h16-17H,4-15H2,1-3H3;2*(H,6,7). The number of nitrogens with zero attached hydrogens (tertiary/aromatic N) is 3. The number of amides is 1. The van der Waals surface area contributed by atoms with Gasteiger partial charge in [-0.15, -0.1) is 0 Å². The number of carbonyl (C=O) groups is 3.